The summed E-state index contributed by atoms with van der Waals surface area (Å²) in [6, 6.07) is 8.95. The van der Waals surface area contributed by atoms with Crippen LogP contribution in [0.5, 0.6) is 5.75 Å². The van der Waals surface area contributed by atoms with E-state index in [2.05, 4.69) is 0 Å². The van der Waals surface area contributed by atoms with Gasteiger partial charge in [0.05, 0.1) is 0 Å². The quantitative estimate of drug-likeness (QED) is 0.557. The summed E-state index contributed by atoms with van der Waals surface area (Å²) in [4.78, 5) is 10.9. The normalized spacial score (nSPS) is 9.38. The molecule has 4 heteroatoms. The van der Waals surface area contributed by atoms with Crippen LogP contribution in [0.25, 0.3) is 0 Å². The van der Waals surface area contributed by atoms with Crippen LogP contribution >= 0.6 is 0 Å². The van der Waals surface area contributed by atoms with E-state index in [1.165, 1.54) is 7.05 Å². The molecule has 0 atom stereocenters. The maximum absolute atomic E-state index is 10.9. The lowest BCUT2D eigenvalue weighted by molar-refractivity contribution is -0.161. The number of benzene rings is 1. The Morgan fingerprint density at radius 3 is 2.62 bits per heavy atom. The monoisotopic (exact) mass is 181 g/mol. The Balaban J connectivity index is 2.40. The summed E-state index contributed by atoms with van der Waals surface area (Å²) < 4.78 is 5.08. The van der Waals surface area contributed by atoms with Gasteiger partial charge in [0.15, 0.2) is 6.61 Å². The summed E-state index contributed by atoms with van der Waals surface area (Å²) in [5.41, 5.74) is 0. The second kappa shape index (κ2) is 4.47. The molecule has 1 rings (SSSR count). The summed E-state index contributed by atoms with van der Waals surface area (Å²) in [6.07, 6.45) is 0. The molecule has 0 aliphatic carbocycles. The number of likely N-dealkylation sites (N-methyl/N-ethyl adjacent to an activating group) is 1. The van der Waals surface area contributed by atoms with E-state index in [9.17, 15) is 4.79 Å². The standard InChI is InChI=1S/C9H11NO3/c1-10(12)9(11)7-13-8-5-3-2-4-6-8/h2-6,12H,7H2,1H3. The average molecular weight is 181 g/mol. The van der Waals surface area contributed by atoms with E-state index in [1.54, 1.807) is 12.1 Å². The van der Waals surface area contributed by atoms with Crippen LogP contribution in [-0.2, 0) is 4.79 Å². The van der Waals surface area contributed by atoms with Gasteiger partial charge in [-0.2, -0.15) is 0 Å². The van der Waals surface area contributed by atoms with Crippen LogP contribution in [0.1, 0.15) is 0 Å². The van der Waals surface area contributed by atoms with Crippen molar-refractivity contribution in [2.45, 2.75) is 0 Å². The zero-order valence-corrected chi connectivity index (χ0v) is 7.30. The molecule has 13 heavy (non-hydrogen) atoms. The van der Waals surface area contributed by atoms with Gasteiger partial charge in [-0.05, 0) is 12.1 Å². The lowest BCUT2D eigenvalue weighted by atomic mass is 10.3. The van der Waals surface area contributed by atoms with Crippen molar-refractivity contribution in [3.8, 4) is 5.75 Å². The Labute approximate surface area is 76.3 Å². The molecule has 0 aromatic heterocycles. The third kappa shape index (κ3) is 3.13. The maximum Gasteiger partial charge on any atom is 0.283 e. The van der Waals surface area contributed by atoms with Gasteiger partial charge in [0, 0.05) is 7.05 Å². The van der Waals surface area contributed by atoms with Crippen LogP contribution in [0.15, 0.2) is 30.3 Å². The molecule has 70 valence electrons. The van der Waals surface area contributed by atoms with Gasteiger partial charge < -0.3 is 4.74 Å². The van der Waals surface area contributed by atoms with Crippen LogP contribution in [0.4, 0.5) is 0 Å². The maximum atomic E-state index is 10.9. The highest BCUT2D eigenvalue weighted by Gasteiger charge is 2.05. The Morgan fingerprint density at radius 2 is 2.08 bits per heavy atom. The van der Waals surface area contributed by atoms with Gasteiger partial charge in [-0.25, -0.2) is 5.06 Å². The number of para-hydroxylation sites is 1. The van der Waals surface area contributed by atoms with Crippen molar-refractivity contribution in [1.29, 1.82) is 0 Å². The molecule has 0 radical (unpaired) electrons. The molecule has 1 aromatic rings. The van der Waals surface area contributed by atoms with E-state index in [0.717, 1.165) is 0 Å². The van der Waals surface area contributed by atoms with Crippen molar-refractivity contribution in [1.82, 2.24) is 5.06 Å². The van der Waals surface area contributed by atoms with Crippen LogP contribution in [0.2, 0.25) is 0 Å². The highest BCUT2D eigenvalue weighted by Crippen LogP contribution is 2.07. The van der Waals surface area contributed by atoms with Gasteiger partial charge in [-0.1, -0.05) is 18.2 Å². The fourth-order valence-electron chi connectivity index (χ4n) is 0.755. The first-order valence-corrected chi connectivity index (χ1v) is 3.83. The number of hydrogen-bond donors (Lipinski definition) is 1. The summed E-state index contributed by atoms with van der Waals surface area (Å²) >= 11 is 0. The van der Waals surface area contributed by atoms with E-state index in [1.807, 2.05) is 18.2 Å². The van der Waals surface area contributed by atoms with Crippen molar-refractivity contribution >= 4 is 5.91 Å². The zero-order chi connectivity index (χ0) is 9.68. The summed E-state index contributed by atoms with van der Waals surface area (Å²) in [5.74, 6) is 0.126. The van der Waals surface area contributed by atoms with E-state index in [0.29, 0.717) is 10.8 Å². The zero-order valence-electron chi connectivity index (χ0n) is 7.30. The lowest BCUT2D eigenvalue weighted by Crippen LogP contribution is -2.28. The minimum absolute atomic E-state index is 0.156. The fraction of sp³-hybridized carbons (Fsp3) is 0.222. The Bertz CT molecular complexity index is 271. The number of rotatable bonds is 3. The average Bonchev–Trinajstić information content (AvgIpc) is 2.15. The van der Waals surface area contributed by atoms with E-state index in [-0.39, 0.29) is 6.61 Å². The molecule has 0 bridgehead atoms. The Hall–Kier alpha value is -1.55. The van der Waals surface area contributed by atoms with Crippen LogP contribution in [0, 0.1) is 0 Å². The molecule has 0 aliphatic heterocycles. The third-order valence-electron chi connectivity index (χ3n) is 1.47. The number of hydrogen-bond acceptors (Lipinski definition) is 3. The van der Waals surface area contributed by atoms with Gasteiger partial charge >= 0.3 is 0 Å². The van der Waals surface area contributed by atoms with Crippen molar-refractivity contribution in [3.63, 3.8) is 0 Å². The van der Waals surface area contributed by atoms with Crippen molar-refractivity contribution in [3.05, 3.63) is 30.3 Å². The van der Waals surface area contributed by atoms with Gasteiger partial charge in [-0.3, -0.25) is 10.0 Å². The number of carbonyl (C=O) groups is 1. The topological polar surface area (TPSA) is 49.8 Å². The molecule has 0 spiro atoms. The molecule has 1 N–H and O–H groups in total. The lowest BCUT2D eigenvalue weighted by Gasteiger charge is -2.09. The van der Waals surface area contributed by atoms with Crippen LogP contribution < -0.4 is 4.74 Å². The Kier molecular flexibility index (Phi) is 3.28. The number of ether oxygens (including phenoxy) is 1. The smallest absolute Gasteiger partial charge is 0.283 e. The van der Waals surface area contributed by atoms with Crippen molar-refractivity contribution < 1.29 is 14.7 Å². The van der Waals surface area contributed by atoms with Gasteiger partial charge in [0.25, 0.3) is 5.91 Å². The number of amides is 1. The second-order valence-corrected chi connectivity index (χ2v) is 2.52. The van der Waals surface area contributed by atoms with Crippen LogP contribution in [0.3, 0.4) is 0 Å². The summed E-state index contributed by atoms with van der Waals surface area (Å²) in [7, 11) is 1.26. The van der Waals surface area contributed by atoms with Crippen LogP contribution in [-0.4, -0.2) is 29.8 Å². The first-order chi connectivity index (χ1) is 6.20. The van der Waals surface area contributed by atoms with Gasteiger partial charge in [0.1, 0.15) is 5.75 Å². The molecule has 0 saturated heterocycles. The first-order valence-electron chi connectivity index (χ1n) is 3.83. The molecular formula is C9H11NO3. The van der Waals surface area contributed by atoms with E-state index in [4.69, 9.17) is 9.94 Å². The van der Waals surface area contributed by atoms with Gasteiger partial charge in [0.2, 0.25) is 0 Å². The highest BCUT2D eigenvalue weighted by atomic mass is 16.5. The second-order valence-electron chi connectivity index (χ2n) is 2.52. The van der Waals surface area contributed by atoms with Gasteiger partial charge in [-0.15, -0.1) is 0 Å². The molecule has 1 aromatic carbocycles. The third-order valence-corrected chi connectivity index (χ3v) is 1.47. The first kappa shape index (κ1) is 9.54. The largest absolute Gasteiger partial charge is 0.484 e. The molecule has 0 fully saturated rings. The van der Waals surface area contributed by atoms with E-state index < -0.39 is 5.91 Å². The van der Waals surface area contributed by atoms with E-state index >= 15 is 0 Å². The summed E-state index contributed by atoms with van der Waals surface area (Å²) in [5, 5.41) is 9.21. The molecule has 1 amide bonds. The minimum atomic E-state index is -0.483. The summed E-state index contributed by atoms with van der Waals surface area (Å²) in [6.45, 7) is -0.156. The molecule has 0 heterocycles. The molecular weight excluding hydrogens is 170 g/mol. The Morgan fingerprint density at radius 1 is 1.46 bits per heavy atom. The SMILES string of the molecule is CN(O)C(=O)COc1ccccc1. The predicted molar refractivity (Wildman–Crippen MR) is 46.5 cm³/mol. The minimum Gasteiger partial charge on any atom is -0.484 e. The van der Waals surface area contributed by atoms with Crippen molar-refractivity contribution in [2.75, 3.05) is 13.7 Å². The number of nitrogens with zero attached hydrogens (tertiary/aromatic N) is 1. The number of carbonyl (C=O) groups excluding carboxylic acids is 1. The van der Waals surface area contributed by atoms with Crippen molar-refractivity contribution in [2.24, 2.45) is 0 Å². The fourth-order valence-corrected chi connectivity index (χ4v) is 0.755. The molecule has 0 unspecified atom stereocenters. The highest BCUT2D eigenvalue weighted by molar-refractivity contribution is 5.76. The number of hydroxylamine groups is 2. The molecule has 0 saturated carbocycles. The molecule has 0 aliphatic rings. The molecule has 4 nitrogen and oxygen atoms in total. The predicted octanol–water partition coefficient (Wildman–Crippen LogP) is 0.913.